The van der Waals surface area contributed by atoms with Gasteiger partial charge in [-0.1, -0.05) is 30.3 Å². The molecular weight excluding hydrogens is 493 g/mol. The summed E-state index contributed by atoms with van der Waals surface area (Å²) in [4.78, 5) is 23.6. The number of halogens is 1. The lowest BCUT2D eigenvalue weighted by Gasteiger charge is -2.44. The summed E-state index contributed by atoms with van der Waals surface area (Å²) in [5.41, 5.74) is 2.96. The van der Waals surface area contributed by atoms with Crippen LogP contribution in [-0.2, 0) is 21.4 Å². The van der Waals surface area contributed by atoms with Gasteiger partial charge in [-0.2, -0.15) is 0 Å². The normalized spacial score (nSPS) is 15.0. The average molecular weight is 524 g/mol. The van der Waals surface area contributed by atoms with Crippen LogP contribution in [0.2, 0.25) is 0 Å². The summed E-state index contributed by atoms with van der Waals surface area (Å²) < 4.78 is 41.0. The standard InChI is InChI=1S/C27H30FN5O3S/c1-5-32-26(24-8-6-7-9-25(24)29-27(32)31(3)4)33(19(2)34)18-20-10-14-22(15-11-20)30-37(35,36)23-16-12-21(28)13-17-23/h6-17,26,30H,5,18H2,1-4H3. The van der Waals surface area contributed by atoms with Gasteiger partial charge in [0.2, 0.25) is 11.9 Å². The summed E-state index contributed by atoms with van der Waals surface area (Å²) in [6.07, 6.45) is -0.356. The fraction of sp³-hybridized carbons (Fsp3) is 0.259. The van der Waals surface area contributed by atoms with E-state index < -0.39 is 15.8 Å². The molecule has 0 bridgehead atoms. The zero-order valence-corrected chi connectivity index (χ0v) is 22.0. The minimum Gasteiger partial charge on any atom is -0.349 e. The molecule has 1 aliphatic rings. The van der Waals surface area contributed by atoms with Crippen LogP contribution in [0.1, 0.15) is 31.1 Å². The van der Waals surface area contributed by atoms with Crippen LogP contribution in [0.4, 0.5) is 15.8 Å². The first-order valence-corrected chi connectivity index (χ1v) is 13.3. The molecule has 0 aliphatic carbocycles. The molecule has 3 aromatic rings. The second-order valence-corrected chi connectivity index (χ2v) is 10.6. The lowest BCUT2D eigenvalue weighted by atomic mass is 10.0. The lowest BCUT2D eigenvalue weighted by molar-refractivity contribution is -0.135. The smallest absolute Gasteiger partial charge is 0.261 e. The topological polar surface area (TPSA) is 85.3 Å². The van der Waals surface area contributed by atoms with E-state index in [1.54, 1.807) is 36.1 Å². The third-order valence-electron chi connectivity index (χ3n) is 6.11. The van der Waals surface area contributed by atoms with Crippen molar-refractivity contribution in [1.29, 1.82) is 0 Å². The van der Waals surface area contributed by atoms with Crippen LogP contribution in [0.5, 0.6) is 0 Å². The van der Waals surface area contributed by atoms with E-state index >= 15 is 0 Å². The van der Waals surface area contributed by atoms with Crippen LogP contribution in [0.3, 0.4) is 0 Å². The molecule has 10 heteroatoms. The molecule has 3 aromatic carbocycles. The van der Waals surface area contributed by atoms with Gasteiger partial charge in [0, 0.05) is 45.4 Å². The second-order valence-electron chi connectivity index (χ2n) is 8.93. The van der Waals surface area contributed by atoms with E-state index in [2.05, 4.69) is 9.62 Å². The van der Waals surface area contributed by atoms with Crippen LogP contribution in [-0.4, -0.2) is 55.6 Å². The van der Waals surface area contributed by atoms with Crippen molar-refractivity contribution >= 4 is 33.3 Å². The van der Waals surface area contributed by atoms with Gasteiger partial charge < -0.3 is 14.7 Å². The number of benzene rings is 3. The summed E-state index contributed by atoms with van der Waals surface area (Å²) in [5, 5.41) is 0. The zero-order chi connectivity index (χ0) is 26.7. The van der Waals surface area contributed by atoms with E-state index in [9.17, 15) is 17.6 Å². The number of amides is 1. The number of para-hydroxylation sites is 1. The fourth-order valence-electron chi connectivity index (χ4n) is 4.34. The maximum absolute atomic E-state index is 13.2. The second kappa shape index (κ2) is 10.6. The Morgan fingerprint density at radius 1 is 1.03 bits per heavy atom. The van der Waals surface area contributed by atoms with Gasteiger partial charge >= 0.3 is 0 Å². The Morgan fingerprint density at radius 2 is 1.68 bits per heavy atom. The minimum atomic E-state index is -3.86. The van der Waals surface area contributed by atoms with Gasteiger partial charge in [0.25, 0.3) is 10.0 Å². The van der Waals surface area contributed by atoms with Gasteiger partial charge in [-0.15, -0.1) is 0 Å². The number of nitrogens with zero attached hydrogens (tertiary/aromatic N) is 4. The quantitative estimate of drug-likeness (QED) is 0.491. The third-order valence-corrected chi connectivity index (χ3v) is 7.51. The van der Waals surface area contributed by atoms with Crippen molar-refractivity contribution in [3.63, 3.8) is 0 Å². The Morgan fingerprint density at radius 3 is 2.27 bits per heavy atom. The predicted molar refractivity (Wildman–Crippen MR) is 142 cm³/mol. The van der Waals surface area contributed by atoms with Crippen LogP contribution >= 0.6 is 0 Å². The number of guanidine groups is 1. The van der Waals surface area contributed by atoms with Crippen molar-refractivity contribution in [3.8, 4) is 0 Å². The molecule has 0 radical (unpaired) electrons. The number of sulfonamides is 1. The molecule has 37 heavy (non-hydrogen) atoms. The maximum atomic E-state index is 13.2. The molecule has 0 saturated heterocycles. The number of anilines is 1. The van der Waals surface area contributed by atoms with E-state index in [1.807, 2.05) is 50.2 Å². The van der Waals surface area contributed by atoms with Gasteiger partial charge in [-0.05, 0) is 55.0 Å². The van der Waals surface area contributed by atoms with Crippen molar-refractivity contribution < 1.29 is 17.6 Å². The first-order chi connectivity index (χ1) is 17.6. The van der Waals surface area contributed by atoms with Crippen molar-refractivity contribution in [2.75, 3.05) is 25.4 Å². The van der Waals surface area contributed by atoms with Crippen molar-refractivity contribution in [2.45, 2.75) is 31.5 Å². The Hall–Kier alpha value is -3.92. The summed E-state index contributed by atoms with van der Waals surface area (Å²) >= 11 is 0. The molecule has 0 saturated carbocycles. The molecule has 1 heterocycles. The monoisotopic (exact) mass is 523 g/mol. The van der Waals surface area contributed by atoms with Crippen LogP contribution in [0.25, 0.3) is 0 Å². The number of fused-ring (bicyclic) bond motifs is 1. The van der Waals surface area contributed by atoms with Gasteiger partial charge in [0.05, 0.1) is 10.6 Å². The molecule has 1 N–H and O–H groups in total. The first kappa shape index (κ1) is 26.2. The predicted octanol–water partition coefficient (Wildman–Crippen LogP) is 4.56. The Bertz CT molecular complexity index is 1410. The molecule has 1 amide bonds. The highest BCUT2D eigenvalue weighted by molar-refractivity contribution is 7.92. The minimum absolute atomic E-state index is 0.0327. The summed E-state index contributed by atoms with van der Waals surface area (Å²) in [6, 6.07) is 19.3. The van der Waals surface area contributed by atoms with Crippen LogP contribution in [0, 0.1) is 5.82 Å². The van der Waals surface area contributed by atoms with Crippen molar-refractivity contribution in [2.24, 2.45) is 4.99 Å². The van der Waals surface area contributed by atoms with Gasteiger partial charge in [0.15, 0.2) is 0 Å². The van der Waals surface area contributed by atoms with E-state index in [0.717, 1.165) is 34.9 Å². The average Bonchev–Trinajstić information content (AvgIpc) is 2.87. The molecule has 8 nitrogen and oxygen atoms in total. The summed E-state index contributed by atoms with van der Waals surface area (Å²) in [6.45, 7) is 4.53. The van der Waals surface area contributed by atoms with E-state index in [4.69, 9.17) is 4.99 Å². The van der Waals surface area contributed by atoms with E-state index in [0.29, 0.717) is 18.8 Å². The highest BCUT2D eigenvalue weighted by Crippen LogP contribution is 2.38. The van der Waals surface area contributed by atoms with Gasteiger partial charge in [-0.25, -0.2) is 17.8 Å². The highest BCUT2D eigenvalue weighted by Gasteiger charge is 2.35. The molecule has 1 unspecified atom stereocenters. The zero-order valence-electron chi connectivity index (χ0n) is 21.2. The fourth-order valence-corrected chi connectivity index (χ4v) is 5.40. The molecule has 1 aliphatic heterocycles. The number of nitrogens with one attached hydrogen (secondary N) is 1. The third kappa shape index (κ3) is 5.59. The number of aliphatic imine (C=N–C) groups is 1. The van der Waals surface area contributed by atoms with Crippen molar-refractivity contribution in [1.82, 2.24) is 14.7 Å². The Labute approximate surface area is 217 Å². The Balaban J connectivity index is 1.60. The van der Waals surface area contributed by atoms with Crippen LogP contribution < -0.4 is 4.72 Å². The number of rotatable bonds is 7. The highest BCUT2D eigenvalue weighted by atomic mass is 32.2. The molecule has 0 spiro atoms. The molecular formula is C27H30FN5O3S. The molecule has 194 valence electrons. The number of hydrogen-bond acceptors (Lipinski definition) is 6. The molecule has 0 fully saturated rings. The van der Waals surface area contributed by atoms with E-state index in [-0.39, 0.29) is 17.0 Å². The number of carbonyl (C=O) groups excluding carboxylic acids is 1. The van der Waals surface area contributed by atoms with Crippen LogP contribution in [0.15, 0.2) is 82.7 Å². The number of carbonyl (C=O) groups is 1. The number of hydrogen-bond donors (Lipinski definition) is 1. The van der Waals surface area contributed by atoms with Gasteiger partial charge in [0.1, 0.15) is 12.0 Å². The largest absolute Gasteiger partial charge is 0.349 e. The first-order valence-electron chi connectivity index (χ1n) is 11.9. The lowest BCUT2D eigenvalue weighted by Crippen LogP contribution is -2.51. The van der Waals surface area contributed by atoms with E-state index in [1.165, 1.54) is 12.1 Å². The SMILES string of the molecule is CCN1C(N(C)C)=Nc2ccccc2C1N(Cc1ccc(NS(=O)(=O)c2ccc(F)cc2)cc1)C(C)=O. The maximum Gasteiger partial charge on any atom is 0.261 e. The molecule has 4 rings (SSSR count). The summed E-state index contributed by atoms with van der Waals surface area (Å²) in [7, 11) is -0.00691. The summed E-state index contributed by atoms with van der Waals surface area (Å²) in [5.74, 6) is 0.159. The van der Waals surface area contributed by atoms with Gasteiger partial charge in [-0.3, -0.25) is 9.52 Å². The molecule has 1 atom stereocenters. The molecule has 0 aromatic heterocycles. The van der Waals surface area contributed by atoms with Crippen molar-refractivity contribution in [3.05, 3.63) is 89.7 Å². The Kier molecular flexibility index (Phi) is 7.49.